The van der Waals surface area contributed by atoms with E-state index < -0.39 is 38.9 Å². The predicted octanol–water partition coefficient (Wildman–Crippen LogP) is 2.07. The number of nitrogens with one attached hydrogen (secondary N) is 1. The van der Waals surface area contributed by atoms with E-state index in [1.165, 1.54) is 32.3 Å². The number of rotatable bonds is 3. The second-order valence-electron chi connectivity index (χ2n) is 6.60. The molecule has 0 bridgehead atoms. The molecule has 1 aliphatic heterocycles. The van der Waals surface area contributed by atoms with Gasteiger partial charge in [0.15, 0.2) is 0 Å². The average Bonchev–Trinajstić information content (AvgIpc) is 2.62. The molecule has 2 heterocycles. The molecule has 2 aromatic rings. The highest BCUT2D eigenvalue weighted by Crippen LogP contribution is 2.35. The number of nitrogens with zero attached hydrogens (tertiary/aromatic N) is 3. The van der Waals surface area contributed by atoms with Crippen LogP contribution in [0.2, 0.25) is 5.02 Å². The summed E-state index contributed by atoms with van der Waals surface area (Å²) in [5.74, 6) is -3.76. The first-order valence-corrected chi connectivity index (χ1v) is 10.2. The summed E-state index contributed by atoms with van der Waals surface area (Å²) in [4.78, 5) is 20.2. The van der Waals surface area contributed by atoms with Crippen LogP contribution < -0.4 is 11.1 Å². The number of hydrogen-bond donors (Lipinski definition) is 2. The maximum Gasteiger partial charge on any atom is 0.274 e. The summed E-state index contributed by atoms with van der Waals surface area (Å²) in [5.41, 5.74) is 3.39. The van der Waals surface area contributed by atoms with E-state index in [-0.39, 0.29) is 22.9 Å². The summed E-state index contributed by atoms with van der Waals surface area (Å²) >= 11 is 5.72. The average molecular weight is 444 g/mol. The van der Waals surface area contributed by atoms with E-state index in [1.807, 2.05) is 0 Å². The zero-order chi connectivity index (χ0) is 21.6. The highest BCUT2D eigenvalue weighted by atomic mass is 35.5. The molecule has 0 saturated carbocycles. The third-order valence-electron chi connectivity index (χ3n) is 4.41. The Labute approximate surface area is 170 Å². The smallest absolute Gasteiger partial charge is 0.274 e. The molecule has 0 saturated heterocycles. The van der Waals surface area contributed by atoms with Crippen LogP contribution in [0.1, 0.15) is 23.0 Å². The van der Waals surface area contributed by atoms with Gasteiger partial charge in [0.05, 0.1) is 16.5 Å². The lowest BCUT2D eigenvalue weighted by atomic mass is 9.93. The normalized spacial score (nSPS) is 20.9. The molecule has 3 rings (SSSR count). The number of aromatic nitrogens is 1. The minimum absolute atomic E-state index is 0.0463. The van der Waals surface area contributed by atoms with Gasteiger partial charge in [0.25, 0.3) is 5.91 Å². The van der Waals surface area contributed by atoms with Crippen LogP contribution in [0.25, 0.3) is 0 Å². The van der Waals surface area contributed by atoms with Crippen LogP contribution in [-0.2, 0) is 15.6 Å². The third-order valence-corrected chi connectivity index (χ3v) is 6.58. The van der Waals surface area contributed by atoms with Crippen molar-refractivity contribution in [2.24, 2.45) is 10.7 Å². The number of nitrogens with two attached hydrogens (primary N) is 1. The van der Waals surface area contributed by atoms with Gasteiger partial charge in [0.2, 0.25) is 16.0 Å². The van der Waals surface area contributed by atoms with E-state index in [0.29, 0.717) is 11.1 Å². The number of amides is 1. The van der Waals surface area contributed by atoms with Gasteiger partial charge in [-0.25, -0.2) is 31.5 Å². The van der Waals surface area contributed by atoms with Gasteiger partial charge in [0, 0.05) is 24.9 Å². The van der Waals surface area contributed by atoms with Crippen LogP contribution in [0.4, 0.5) is 14.5 Å². The van der Waals surface area contributed by atoms with E-state index in [4.69, 9.17) is 17.3 Å². The number of sulfonamides is 1. The van der Waals surface area contributed by atoms with Gasteiger partial charge in [-0.2, -0.15) is 0 Å². The molecule has 1 atom stereocenters. The maximum absolute atomic E-state index is 14.5. The Bertz CT molecular complexity index is 1120. The predicted molar refractivity (Wildman–Crippen MR) is 104 cm³/mol. The van der Waals surface area contributed by atoms with Crippen LogP contribution in [0.15, 0.2) is 35.5 Å². The summed E-state index contributed by atoms with van der Waals surface area (Å²) in [7, 11) is -2.65. The SMILES string of the molecule is CN1C(N)=N[C@](C)(c2cc(NC(=O)c3ccc(Cl)cn3)c(F)cc2F)CS1(=O)=O. The van der Waals surface area contributed by atoms with Gasteiger partial charge in [-0.15, -0.1) is 0 Å². The van der Waals surface area contributed by atoms with E-state index in [2.05, 4.69) is 15.3 Å². The first kappa shape index (κ1) is 20.9. The Morgan fingerprint density at radius 1 is 1.31 bits per heavy atom. The molecule has 0 radical (unpaired) electrons. The number of halogens is 3. The first-order chi connectivity index (χ1) is 13.4. The second kappa shape index (κ2) is 7.23. The Morgan fingerprint density at radius 3 is 2.59 bits per heavy atom. The molecule has 8 nitrogen and oxygen atoms in total. The van der Waals surface area contributed by atoms with Crippen LogP contribution in [0.5, 0.6) is 0 Å². The zero-order valence-electron chi connectivity index (χ0n) is 15.3. The number of guanidine groups is 1. The number of pyridine rings is 1. The molecule has 0 fully saturated rings. The topological polar surface area (TPSA) is 118 Å². The summed E-state index contributed by atoms with van der Waals surface area (Å²) in [6.07, 6.45) is 1.24. The molecular weight excluding hydrogens is 428 g/mol. The molecule has 0 aliphatic carbocycles. The van der Waals surface area contributed by atoms with Gasteiger partial charge in [0.1, 0.15) is 22.9 Å². The van der Waals surface area contributed by atoms with Crippen molar-refractivity contribution in [3.8, 4) is 0 Å². The van der Waals surface area contributed by atoms with Crippen LogP contribution in [0.3, 0.4) is 0 Å². The Hall–Kier alpha value is -2.79. The van der Waals surface area contributed by atoms with Crippen molar-refractivity contribution in [2.75, 3.05) is 18.1 Å². The largest absolute Gasteiger partial charge is 0.369 e. The van der Waals surface area contributed by atoms with Gasteiger partial charge >= 0.3 is 0 Å². The van der Waals surface area contributed by atoms with Crippen LogP contribution in [0, 0.1) is 11.6 Å². The maximum atomic E-state index is 14.5. The van der Waals surface area contributed by atoms with Gasteiger partial charge < -0.3 is 11.1 Å². The van der Waals surface area contributed by atoms with E-state index in [1.54, 1.807) is 0 Å². The fourth-order valence-corrected chi connectivity index (χ4v) is 4.40. The Kier molecular flexibility index (Phi) is 5.22. The molecule has 29 heavy (non-hydrogen) atoms. The number of anilines is 1. The first-order valence-electron chi connectivity index (χ1n) is 8.17. The van der Waals surface area contributed by atoms with Crippen molar-refractivity contribution >= 4 is 39.2 Å². The standard InChI is InChI=1S/C17H16ClF2N5O3S/c1-17(8-29(27,28)25(2)16(21)24-17)10-5-14(12(20)6-11(10)19)23-15(26)13-4-3-9(18)7-22-13/h3-7H,8H2,1-2H3,(H2,21,24)(H,23,26)/t17-/m0/s1. The molecule has 0 unspecified atom stereocenters. The molecule has 1 aromatic heterocycles. The molecule has 1 aliphatic rings. The molecule has 154 valence electrons. The molecule has 0 spiro atoms. The minimum atomic E-state index is -3.87. The fourth-order valence-electron chi connectivity index (χ4n) is 2.84. The summed E-state index contributed by atoms with van der Waals surface area (Å²) < 4.78 is 54.2. The molecular formula is C17H16ClF2N5O3S. The second-order valence-corrected chi connectivity index (χ2v) is 9.03. The monoisotopic (exact) mass is 443 g/mol. The van der Waals surface area contributed by atoms with Crippen molar-refractivity contribution in [3.05, 3.63) is 58.4 Å². The minimum Gasteiger partial charge on any atom is -0.369 e. The van der Waals surface area contributed by atoms with Crippen LogP contribution >= 0.6 is 11.6 Å². The van der Waals surface area contributed by atoms with Crippen molar-refractivity contribution in [2.45, 2.75) is 12.5 Å². The van der Waals surface area contributed by atoms with E-state index >= 15 is 0 Å². The highest BCUT2D eigenvalue weighted by Gasteiger charge is 2.42. The van der Waals surface area contributed by atoms with E-state index in [0.717, 1.165) is 10.4 Å². The number of carbonyl (C=O) groups excluding carboxylic acids is 1. The van der Waals surface area contributed by atoms with E-state index in [9.17, 15) is 22.0 Å². The quantitative estimate of drug-likeness (QED) is 0.753. The van der Waals surface area contributed by atoms with Crippen molar-refractivity contribution < 1.29 is 22.0 Å². The molecule has 1 aromatic carbocycles. The van der Waals surface area contributed by atoms with Gasteiger partial charge in [-0.05, 0) is 25.1 Å². The zero-order valence-corrected chi connectivity index (χ0v) is 16.9. The summed E-state index contributed by atoms with van der Waals surface area (Å²) in [5, 5.41) is 2.59. The molecule has 3 N–H and O–H groups in total. The number of carbonyl (C=O) groups is 1. The highest BCUT2D eigenvalue weighted by molar-refractivity contribution is 7.89. The van der Waals surface area contributed by atoms with Crippen LogP contribution in [-0.4, -0.2) is 42.4 Å². The van der Waals surface area contributed by atoms with Crippen molar-refractivity contribution in [1.29, 1.82) is 0 Å². The van der Waals surface area contributed by atoms with Gasteiger partial charge in [-0.3, -0.25) is 4.79 Å². The summed E-state index contributed by atoms with van der Waals surface area (Å²) in [6, 6.07) is 4.30. The van der Waals surface area contributed by atoms with Crippen molar-refractivity contribution in [1.82, 2.24) is 9.29 Å². The molecule has 12 heteroatoms. The number of hydrogen-bond acceptors (Lipinski definition) is 6. The Balaban J connectivity index is 2.02. The van der Waals surface area contributed by atoms with Gasteiger partial charge in [-0.1, -0.05) is 11.6 Å². The summed E-state index contributed by atoms with van der Waals surface area (Å²) in [6.45, 7) is 1.35. The number of benzene rings is 1. The third kappa shape index (κ3) is 4.01. The fraction of sp³-hybridized carbons (Fsp3) is 0.235. The Morgan fingerprint density at radius 2 is 2.00 bits per heavy atom. The molecule has 1 amide bonds. The lowest BCUT2D eigenvalue weighted by Crippen LogP contribution is -2.50. The lowest BCUT2D eigenvalue weighted by Gasteiger charge is -2.34. The lowest BCUT2D eigenvalue weighted by molar-refractivity contribution is 0.102. The van der Waals surface area contributed by atoms with Crippen molar-refractivity contribution in [3.63, 3.8) is 0 Å². The number of aliphatic imine (C=N–C) groups is 1.